The maximum absolute atomic E-state index is 13.1. The van der Waals surface area contributed by atoms with Crippen LogP contribution in [0.2, 0.25) is 0 Å². The van der Waals surface area contributed by atoms with Gasteiger partial charge in [0.2, 0.25) is 0 Å². The van der Waals surface area contributed by atoms with Crippen molar-refractivity contribution in [2.24, 2.45) is 24.8 Å². The number of thiazole rings is 1. The monoisotopic (exact) mass is 613 g/mol. The van der Waals surface area contributed by atoms with Crippen molar-refractivity contribution in [2.75, 3.05) is 25.0 Å². The fourth-order valence-electron chi connectivity index (χ4n) is 6.73. The highest BCUT2D eigenvalue weighted by atomic mass is 32.1. The largest absolute Gasteiger partial charge is 0.488 e. The first-order valence-corrected chi connectivity index (χ1v) is 16.0. The van der Waals surface area contributed by atoms with Gasteiger partial charge >= 0.3 is 5.97 Å². The minimum Gasteiger partial charge on any atom is -0.488 e. The fraction of sp³-hybridized carbons (Fsp3) is 0.412. The Kier molecular flexibility index (Phi) is 8.44. The lowest BCUT2D eigenvalue weighted by molar-refractivity contribution is -0.148. The second-order valence-corrected chi connectivity index (χ2v) is 13.1. The Labute approximate surface area is 262 Å². The summed E-state index contributed by atoms with van der Waals surface area (Å²) >= 11 is 1.61. The molecular formula is C34H39N5O4S. The summed E-state index contributed by atoms with van der Waals surface area (Å²) in [5.74, 6) is 0.169. The van der Waals surface area contributed by atoms with Crippen LogP contribution in [0.15, 0.2) is 54.0 Å². The van der Waals surface area contributed by atoms with Crippen LogP contribution in [0.3, 0.4) is 0 Å². The van der Waals surface area contributed by atoms with E-state index in [1.165, 1.54) is 0 Å². The van der Waals surface area contributed by atoms with Crippen molar-refractivity contribution in [2.45, 2.75) is 46.3 Å². The number of benzene rings is 2. The molecule has 6 rings (SSSR count). The maximum Gasteiger partial charge on any atom is 0.307 e. The number of nitrogens with zero attached hydrogens (tertiary/aromatic N) is 5. The number of amides is 1. The molecule has 3 heterocycles. The van der Waals surface area contributed by atoms with Crippen molar-refractivity contribution in [3.8, 4) is 17.0 Å². The van der Waals surface area contributed by atoms with E-state index in [0.717, 1.165) is 76.9 Å². The molecule has 1 amide bonds. The molecule has 4 aromatic rings. The Bertz CT molecular complexity index is 1670. The van der Waals surface area contributed by atoms with Crippen LogP contribution in [-0.4, -0.2) is 56.8 Å². The molecular weight excluding hydrogens is 574 g/mol. The molecule has 2 bridgehead atoms. The van der Waals surface area contributed by atoms with Crippen LogP contribution in [0.25, 0.3) is 11.3 Å². The van der Waals surface area contributed by atoms with Gasteiger partial charge in [-0.15, -0.1) is 11.3 Å². The summed E-state index contributed by atoms with van der Waals surface area (Å²) in [5, 5.41) is 17.2. The van der Waals surface area contributed by atoms with Crippen LogP contribution in [0.4, 0.5) is 5.13 Å². The standard InChI is InChI=1S/C34H39N5O4S/c1-21-8-11-30(43-19-26-10-9-23(15-22(26)2)32(40)37(3)18-27-12-13-38(4)36-27)28(14-21)29-20-44-34(35-29)39-16-24-6-5-7-25(17-39)31(24)33(41)42/h8-15,20,24-25,31H,5-7,16-19H2,1-4H3,(H,41,42)/t24-,25+,31?. The molecule has 0 radical (unpaired) electrons. The van der Waals surface area contributed by atoms with E-state index < -0.39 is 5.97 Å². The van der Waals surface area contributed by atoms with E-state index in [1.54, 1.807) is 28.0 Å². The number of aromatic nitrogens is 3. The molecule has 1 unspecified atom stereocenters. The predicted molar refractivity (Wildman–Crippen MR) is 171 cm³/mol. The zero-order valence-corrected chi connectivity index (χ0v) is 26.5. The van der Waals surface area contributed by atoms with Crippen LogP contribution < -0.4 is 9.64 Å². The van der Waals surface area contributed by atoms with E-state index in [4.69, 9.17) is 9.72 Å². The first-order chi connectivity index (χ1) is 21.2. The van der Waals surface area contributed by atoms with Crippen LogP contribution in [-0.2, 0) is 25.0 Å². The van der Waals surface area contributed by atoms with Gasteiger partial charge in [-0.05, 0) is 80.0 Å². The molecule has 44 heavy (non-hydrogen) atoms. The van der Waals surface area contributed by atoms with Crippen LogP contribution in [0.1, 0.15) is 52.0 Å². The second-order valence-electron chi connectivity index (χ2n) is 12.3. The Morgan fingerprint density at radius 1 is 1.09 bits per heavy atom. The topological polar surface area (TPSA) is 101 Å². The highest BCUT2D eigenvalue weighted by molar-refractivity contribution is 7.14. The Morgan fingerprint density at radius 2 is 1.86 bits per heavy atom. The molecule has 3 atom stereocenters. The maximum atomic E-state index is 13.1. The SMILES string of the molecule is Cc1ccc(OCc2ccc(C(=O)N(C)Cc3ccn(C)n3)cc2C)c(-c2csc(N3C[C@H]4CCC[C@@H](C3)C4C(=O)O)n2)c1. The number of rotatable bonds is 9. The number of carbonyl (C=O) groups excluding carboxylic acids is 1. The van der Waals surface area contributed by atoms with Gasteiger partial charge in [-0.3, -0.25) is 14.3 Å². The lowest BCUT2D eigenvalue weighted by atomic mass is 9.69. The molecule has 9 nitrogen and oxygen atoms in total. The van der Waals surface area contributed by atoms with E-state index in [0.29, 0.717) is 18.7 Å². The van der Waals surface area contributed by atoms with Gasteiger partial charge in [-0.25, -0.2) is 4.98 Å². The third-order valence-corrected chi connectivity index (χ3v) is 9.92. The van der Waals surface area contributed by atoms with Crippen molar-refractivity contribution in [1.29, 1.82) is 0 Å². The van der Waals surface area contributed by atoms with Crippen molar-refractivity contribution in [1.82, 2.24) is 19.7 Å². The number of hydrogen-bond donors (Lipinski definition) is 1. The Balaban J connectivity index is 1.14. The van der Waals surface area contributed by atoms with Gasteiger partial charge in [-0.1, -0.05) is 24.1 Å². The first-order valence-electron chi connectivity index (χ1n) is 15.2. The number of fused-ring (bicyclic) bond motifs is 2. The Hall–Kier alpha value is -4.18. The molecule has 1 saturated carbocycles. The number of carboxylic acids is 1. The summed E-state index contributed by atoms with van der Waals surface area (Å²) in [4.78, 5) is 34.0. The van der Waals surface area contributed by atoms with Crippen LogP contribution in [0, 0.1) is 31.6 Å². The molecule has 2 aromatic carbocycles. The number of hydrogen-bond acceptors (Lipinski definition) is 7. The van der Waals surface area contributed by atoms with Crippen molar-refractivity contribution in [3.63, 3.8) is 0 Å². The molecule has 10 heteroatoms. The van der Waals surface area contributed by atoms with Crippen molar-refractivity contribution < 1.29 is 19.4 Å². The van der Waals surface area contributed by atoms with Gasteiger partial charge in [0.1, 0.15) is 12.4 Å². The number of aliphatic carboxylic acids is 1. The zero-order chi connectivity index (χ0) is 31.0. The van der Waals surface area contributed by atoms with E-state index in [2.05, 4.69) is 28.4 Å². The number of aryl methyl sites for hydroxylation is 3. The lowest BCUT2D eigenvalue weighted by Crippen LogP contribution is -2.51. The van der Waals surface area contributed by atoms with E-state index >= 15 is 0 Å². The smallest absolute Gasteiger partial charge is 0.307 e. The van der Waals surface area contributed by atoms with Gasteiger partial charge < -0.3 is 19.6 Å². The summed E-state index contributed by atoms with van der Waals surface area (Å²) in [5.41, 5.74) is 6.39. The summed E-state index contributed by atoms with van der Waals surface area (Å²) in [6.45, 7) is 6.36. The molecule has 1 saturated heterocycles. The van der Waals surface area contributed by atoms with Crippen LogP contribution >= 0.6 is 11.3 Å². The average molecular weight is 614 g/mol. The van der Waals surface area contributed by atoms with E-state index in [1.807, 2.05) is 56.6 Å². The van der Waals surface area contributed by atoms with E-state index in [9.17, 15) is 14.7 Å². The molecule has 1 N–H and O–H groups in total. The Morgan fingerprint density at radius 3 is 2.55 bits per heavy atom. The van der Waals surface area contributed by atoms with Gasteiger partial charge in [0.05, 0.1) is 23.9 Å². The van der Waals surface area contributed by atoms with Gasteiger partial charge in [0.25, 0.3) is 5.91 Å². The number of ether oxygens (including phenoxy) is 1. The van der Waals surface area contributed by atoms with Crippen molar-refractivity contribution in [3.05, 3.63) is 82.0 Å². The number of carbonyl (C=O) groups is 2. The van der Waals surface area contributed by atoms with E-state index in [-0.39, 0.29) is 23.7 Å². The summed E-state index contributed by atoms with van der Waals surface area (Å²) < 4.78 is 8.11. The third kappa shape index (κ3) is 6.22. The highest BCUT2D eigenvalue weighted by Crippen LogP contribution is 2.43. The molecule has 1 aliphatic heterocycles. The van der Waals surface area contributed by atoms with Gasteiger partial charge in [-0.2, -0.15) is 5.10 Å². The highest BCUT2D eigenvalue weighted by Gasteiger charge is 2.44. The zero-order valence-electron chi connectivity index (χ0n) is 25.7. The number of anilines is 1. The van der Waals surface area contributed by atoms with Gasteiger partial charge in [0, 0.05) is 49.9 Å². The quantitative estimate of drug-likeness (QED) is 0.249. The molecule has 2 aromatic heterocycles. The first kappa shape index (κ1) is 29.9. The summed E-state index contributed by atoms with van der Waals surface area (Å²) in [6.07, 6.45) is 4.92. The third-order valence-electron chi connectivity index (χ3n) is 9.02. The molecule has 2 aliphatic rings. The summed E-state index contributed by atoms with van der Waals surface area (Å²) in [6, 6.07) is 13.8. The number of carboxylic acid groups (broad SMARTS) is 1. The second kappa shape index (κ2) is 12.4. The van der Waals surface area contributed by atoms with Gasteiger partial charge in [0.15, 0.2) is 5.13 Å². The number of piperidine rings is 1. The molecule has 230 valence electrons. The normalized spacial score (nSPS) is 19.5. The van der Waals surface area contributed by atoms with Crippen molar-refractivity contribution >= 4 is 28.3 Å². The molecule has 0 spiro atoms. The molecule has 2 fully saturated rings. The van der Waals surface area contributed by atoms with Crippen LogP contribution in [0.5, 0.6) is 5.75 Å². The minimum absolute atomic E-state index is 0.0535. The average Bonchev–Trinajstić information content (AvgIpc) is 3.65. The summed E-state index contributed by atoms with van der Waals surface area (Å²) in [7, 11) is 3.65. The molecule has 1 aliphatic carbocycles. The fourth-order valence-corrected chi connectivity index (χ4v) is 7.57. The minimum atomic E-state index is -0.648. The predicted octanol–water partition coefficient (Wildman–Crippen LogP) is 5.95. The lowest BCUT2D eigenvalue weighted by Gasteiger charge is -2.45.